The van der Waals surface area contributed by atoms with Crippen molar-refractivity contribution in [1.82, 2.24) is 10.2 Å². The Bertz CT molecular complexity index is 875. The largest absolute Gasteiger partial charge is 0.497 e. The van der Waals surface area contributed by atoms with Gasteiger partial charge in [0.25, 0.3) is 5.91 Å². The summed E-state index contributed by atoms with van der Waals surface area (Å²) in [6, 6.07) is 16.8. The molecule has 3 rings (SSSR count). The zero-order chi connectivity index (χ0) is 18.4. The molecule has 1 aromatic heterocycles. The van der Waals surface area contributed by atoms with E-state index in [4.69, 9.17) is 9.47 Å². The second kappa shape index (κ2) is 8.20. The minimum Gasteiger partial charge on any atom is -0.497 e. The Balaban J connectivity index is 1.78. The van der Waals surface area contributed by atoms with E-state index in [1.54, 1.807) is 7.11 Å². The number of para-hydroxylation sites is 1. The number of aromatic nitrogens is 2. The number of amides is 1. The summed E-state index contributed by atoms with van der Waals surface area (Å²) in [5.41, 5.74) is 3.06. The van der Waals surface area contributed by atoms with Gasteiger partial charge >= 0.3 is 0 Å². The number of rotatable bonds is 7. The van der Waals surface area contributed by atoms with Gasteiger partial charge in [0, 0.05) is 5.56 Å². The van der Waals surface area contributed by atoms with Crippen LogP contribution in [0.15, 0.2) is 54.6 Å². The maximum atomic E-state index is 12.4. The number of benzene rings is 2. The number of aryl methyl sites for hydroxylation is 1. The summed E-state index contributed by atoms with van der Waals surface area (Å²) >= 11 is 0. The first kappa shape index (κ1) is 17.5. The van der Waals surface area contributed by atoms with Crippen LogP contribution in [-0.4, -0.2) is 29.8 Å². The van der Waals surface area contributed by atoms with Crippen LogP contribution >= 0.6 is 0 Å². The van der Waals surface area contributed by atoms with E-state index in [-0.39, 0.29) is 12.5 Å². The molecule has 0 spiro atoms. The maximum absolute atomic E-state index is 12.4. The molecule has 2 N–H and O–H groups in total. The Hall–Kier alpha value is -3.28. The normalized spacial score (nSPS) is 10.4. The predicted octanol–water partition coefficient (Wildman–Crippen LogP) is 3.67. The fourth-order valence-electron chi connectivity index (χ4n) is 2.59. The minimum atomic E-state index is -0.242. The molecule has 0 aliphatic carbocycles. The molecule has 0 fully saturated rings. The lowest BCUT2D eigenvalue weighted by Gasteiger charge is -2.10. The zero-order valence-corrected chi connectivity index (χ0v) is 14.8. The Morgan fingerprint density at radius 1 is 1.12 bits per heavy atom. The highest BCUT2D eigenvalue weighted by atomic mass is 16.5. The Labute approximate surface area is 152 Å². The SMILES string of the molecule is CCc1[nH]nc(-c2cccc(OC)c2)c1NC(=O)COc1ccccc1. The average molecular weight is 351 g/mol. The van der Waals surface area contributed by atoms with Crippen molar-refractivity contribution in [3.8, 4) is 22.8 Å². The van der Waals surface area contributed by atoms with Crippen LogP contribution in [-0.2, 0) is 11.2 Å². The number of nitrogens with one attached hydrogen (secondary N) is 2. The van der Waals surface area contributed by atoms with E-state index in [0.29, 0.717) is 23.6 Å². The second-order valence-electron chi connectivity index (χ2n) is 5.66. The maximum Gasteiger partial charge on any atom is 0.262 e. The number of anilines is 1. The first-order valence-corrected chi connectivity index (χ1v) is 8.40. The first-order chi connectivity index (χ1) is 12.7. The molecule has 6 heteroatoms. The van der Waals surface area contributed by atoms with Crippen LogP contribution in [0.3, 0.4) is 0 Å². The molecule has 0 bridgehead atoms. The summed E-state index contributed by atoms with van der Waals surface area (Å²) < 4.78 is 10.8. The molecule has 1 amide bonds. The third kappa shape index (κ3) is 4.03. The van der Waals surface area contributed by atoms with E-state index in [9.17, 15) is 4.79 Å². The molecule has 0 aliphatic rings. The molecule has 6 nitrogen and oxygen atoms in total. The van der Waals surface area contributed by atoms with Crippen molar-refractivity contribution < 1.29 is 14.3 Å². The molecule has 134 valence electrons. The van der Waals surface area contributed by atoms with Crippen LogP contribution in [0.25, 0.3) is 11.3 Å². The van der Waals surface area contributed by atoms with Gasteiger partial charge in [-0.3, -0.25) is 9.89 Å². The molecule has 3 aromatic rings. The predicted molar refractivity (Wildman–Crippen MR) is 101 cm³/mol. The van der Waals surface area contributed by atoms with Gasteiger partial charge in [0.1, 0.15) is 17.2 Å². The van der Waals surface area contributed by atoms with Crippen molar-refractivity contribution in [2.24, 2.45) is 0 Å². The van der Waals surface area contributed by atoms with Crippen molar-refractivity contribution in [2.75, 3.05) is 19.0 Å². The van der Waals surface area contributed by atoms with E-state index in [2.05, 4.69) is 15.5 Å². The smallest absolute Gasteiger partial charge is 0.262 e. The van der Waals surface area contributed by atoms with Crippen LogP contribution in [0.1, 0.15) is 12.6 Å². The molecule has 1 heterocycles. The zero-order valence-electron chi connectivity index (χ0n) is 14.8. The minimum absolute atomic E-state index is 0.0735. The number of ether oxygens (including phenoxy) is 2. The van der Waals surface area contributed by atoms with Gasteiger partial charge in [-0.25, -0.2) is 0 Å². The number of carbonyl (C=O) groups is 1. The van der Waals surface area contributed by atoms with Gasteiger partial charge in [0.05, 0.1) is 18.5 Å². The highest BCUT2D eigenvalue weighted by molar-refractivity contribution is 5.96. The third-order valence-electron chi connectivity index (χ3n) is 3.92. The number of hydrogen-bond donors (Lipinski definition) is 2. The van der Waals surface area contributed by atoms with Gasteiger partial charge in [-0.2, -0.15) is 5.10 Å². The van der Waals surface area contributed by atoms with Crippen LogP contribution in [0.4, 0.5) is 5.69 Å². The van der Waals surface area contributed by atoms with E-state index in [0.717, 1.165) is 17.0 Å². The van der Waals surface area contributed by atoms with Gasteiger partial charge in [-0.05, 0) is 30.7 Å². The number of carbonyl (C=O) groups excluding carboxylic acids is 1. The highest BCUT2D eigenvalue weighted by Crippen LogP contribution is 2.31. The van der Waals surface area contributed by atoms with Crippen molar-refractivity contribution >= 4 is 11.6 Å². The van der Waals surface area contributed by atoms with Crippen LogP contribution in [0, 0.1) is 0 Å². The molecule has 0 atom stereocenters. The second-order valence-corrected chi connectivity index (χ2v) is 5.66. The van der Waals surface area contributed by atoms with Gasteiger partial charge < -0.3 is 14.8 Å². The van der Waals surface area contributed by atoms with Crippen LogP contribution in [0.5, 0.6) is 11.5 Å². The number of nitrogens with zero attached hydrogens (tertiary/aromatic N) is 1. The lowest BCUT2D eigenvalue weighted by Crippen LogP contribution is -2.21. The molecular weight excluding hydrogens is 330 g/mol. The summed E-state index contributed by atoms with van der Waals surface area (Å²) in [7, 11) is 1.62. The molecular formula is C20H21N3O3. The fourth-order valence-corrected chi connectivity index (χ4v) is 2.59. The molecule has 0 unspecified atom stereocenters. The molecule has 0 aliphatic heterocycles. The fraction of sp³-hybridized carbons (Fsp3) is 0.200. The summed E-state index contributed by atoms with van der Waals surface area (Å²) in [4.78, 5) is 12.4. The average Bonchev–Trinajstić information content (AvgIpc) is 3.09. The summed E-state index contributed by atoms with van der Waals surface area (Å²) in [5, 5.41) is 10.3. The summed E-state index contributed by atoms with van der Waals surface area (Å²) in [6.45, 7) is 1.93. The number of aromatic amines is 1. The van der Waals surface area contributed by atoms with E-state index in [1.165, 1.54) is 0 Å². The Morgan fingerprint density at radius 2 is 1.88 bits per heavy atom. The quantitative estimate of drug-likeness (QED) is 0.681. The van der Waals surface area contributed by atoms with Crippen molar-refractivity contribution in [3.63, 3.8) is 0 Å². The third-order valence-corrected chi connectivity index (χ3v) is 3.92. The first-order valence-electron chi connectivity index (χ1n) is 8.40. The lowest BCUT2D eigenvalue weighted by molar-refractivity contribution is -0.118. The topological polar surface area (TPSA) is 76.2 Å². The van der Waals surface area contributed by atoms with Crippen molar-refractivity contribution in [1.29, 1.82) is 0 Å². The Morgan fingerprint density at radius 3 is 2.62 bits per heavy atom. The van der Waals surface area contributed by atoms with E-state index in [1.807, 2.05) is 61.5 Å². The molecule has 2 aromatic carbocycles. The monoisotopic (exact) mass is 351 g/mol. The lowest BCUT2D eigenvalue weighted by atomic mass is 10.1. The molecule has 0 saturated carbocycles. The van der Waals surface area contributed by atoms with Crippen LogP contribution < -0.4 is 14.8 Å². The summed E-state index contributed by atoms with van der Waals surface area (Å²) in [6.07, 6.45) is 0.714. The Kier molecular flexibility index (Phi) is 5.53. The van der Waals surface area contributed by atoms with Crippen molar-refractivity contribution in [2.45, 2.75) is 13.3 Å². The molecule has 26 heavy (non-hydrogen) atoms. The number of hydrogen-bond acceptors (Lipinski definition) is 4. The van der Waals surface area contributed by atoms with Gasteiger partial charge in [-0.15, -0.1) is 0 Å². The number of H-pyrrole nitrogens is 1. The van der Waals surface area contributed by atoms with Gasteiger partial charge in [0.15, 0.2) is 6.61 Å². The summed E-state index contributed by atoms with van der Waals surface area (Å²) in [5.74, 6) is 1.14. The van der Waals surface area contributed by atoms with E-state index < -0.39 is 0 Å². The van der Waals surface area contributed by atoms with Crippen LogP contribution in [0.2, 0.25) is 0 Å². The van der Waals surface area contributed by atoms with Gasteiger partial charge in [-0.1, -0.05) is 37.3 Å². The molecule has 0 saturated heterocycles. The number of methoxy groups -OCH3 is 1. The standard InChI is InChI=1S/C20H21N3O3/c1-3-17-20(21-18(24)13-26-15-9-5-4-6-10-15)19(23-22-17)14-8-7-11-16(12-14)25-2/h4-12H,3,13H2,1-2H3,(H,21,24)(H,22,23). The highest BCUT2D eigenvalue weighted by Gasteiger charge is 2.17. The van der Waals surface area contributed by atoms with Crippen molar-refractivity contribution in [3.05, 3.63) is 60.3 Å². The van der Waals surface area contributed by atoms with E-state index >= 15 is 0 Å². The van der Waals surface area contributed by atoms with Gasteiger partial charge in [0.2, 0.25) is 0 Å². The molecule has 0 radical (unpaired) electrons.